The molecule has 1 aliphatic heterocycles. The second kappa shape index (κ2) is 8.11. The Morgan fingerprint density at radius 2 is 1.96 bits per heavy atom. The highest BCUT2D eigenvalue weighted by atomic mass is 35.5. The number of carbonyl (C=O) groups excluding carboxylic acids is 2. The molecule has 1 aliphatic rings. The highest BCUT2D eigenvalue weighted by Crippen LogP contribution is 2.24. The smallest absolute Gasteiger partial charge is 0.337 e. The number of morpholine rings is 1. The van der Waals surface area contributed by atoms with Gasteiger partial charge >= 0.3 is 5.97 Å². The minimum absolute atomic E-state index is 0.140. The summed E-state index contributed by atoms with van der Waals surface area (Å²) in [6, 6.07) is 7.80. The van der Waals surface area contributed by atoms with E-state index in [-0.39, 0.29) is 11.3 Å². The maximum absolute atomic E-state index is 12.4. The summed E-state index contributed by atoms with van der Waals surface area (Å²) in [4.78, 5) is 26.0. The largest absolute Gasteiger partial charge is 0.465 e. The van der Waals surface area contributed by atoms with Gasteiger partial charge in [-0.05, 0) is 30.3 Å². The third-order valence-electron chi connectivity index (χ3n) is 3.85. The van der Waals surface area contributed by atoms with E-state index in [9.17, 15) is 9.59 Å². The van der Waals surface area contributed by atoms with Crippen molar-refractivity contribution in [1.29, 1.82) is 0 Å². The number of ether oxygens (including phenoxy) is 2. The Morgan fingerprint density at radius 1 is 1.19 bits per heavy atom. The van der Waals surface area contributed by atoms with Crippen LogP contribution >= 0.6 is 11.6 Å². The van der Waals surface area contributed by atoms with Gasteiger partial charge in [-0.25, -0.2) is 4.79 Å². The summed E-state index contributed by atoms with van der Waals surface area (Å²) >= 11 is 6.08. The first kappa shape index (κ1) is 18.1. The van der Waals surface area contributed by atoms with Gasteiger partial charge in [0, 0.05) is 13.1 Å². The van der Waals surface area contributed by atoms with Crippen LogP contribution in [0.2, 0.25) is 5.02 Å². The molecule has 1 saturated heterocycles. The number of anilines is 2. The van der Waals surface area contributed by atoms with Gasteiger partial charge in [-0.1, -0.05) is 11.6 Å². The van der Waals surface area contributed by atoms with Crippen molar-refractivity contribution < 1.29 is 19.1 Å². The van der Waals surface area contributed by atoms with Gasteiger partial charge in [0.1, 0.15) is 0 Å². The summed E-state index contributed by atoms with van der Waals surface area (Å²) in [6.45, 7) is 2.74. The van der Waals surface area contributed by atoms with Gasteiger partial charge in [0.15, 0.2) is 11.5 Å². The van der Waals surface area contributed by atoms with Gasteiger partial charge in [-0.3, -0.25) is 4.79 Å². The average molecular weight is 377 g/mol. The summed E-state index contributed by atoms with van der Waals surface area (Å²) in [5.41, 5.74) is 0.709. The summed E-state index contributed by atoms with van der Waals surface area (Å²) in [5.74, 6) is -0.308. The number of amides is 1. The highest BCUT2D eigenvalue weighted by Gasteiger charge is 2.16. The van der Waals surface area contributed by atoms with Crippen LogP contribution in [0.5, 0.6) is 0 Å². The molecule has 0 atom stereocenters. The number of nitrogens with zero attached hydrogens (tertiary/aromatic N) is 3. The summed E-state index contributed by atoms with van der Waals surface area (Å²) in [5, 5.41) is 11.0. The van der Waals surface area contributed by atoms with E-state index in [4.69, 9.17) is 16.3 Å². The first-order valence-corrected chi connectivity index (χ1v) is 8.32. The number of esters is 1. The van der Waals surface area contributed by atoms with E-state index in [1.165, 1.54) is 25.3 Å². The van der Waals surface area contributed by atoms with Gasteiger partial charge in [0.25, 0.3) is 5.91 Å². The van der Waals surface area contributed by atoms with E-state index in [1.807, 2.05) is 4.90 Å². The maximum atomic E-state index is 12.4. The van der Waals surface area contributed by atoms with Crippen LogP contribution in [-0.4, -0.2) is 55.5 Å². The summed E-state index contributed by atoms with van der Waals surface area (Å²) in [7, 11) is 1.28. The van der Waals surface area contributed by atoms with Crippen LogP contribution in [0.1, 0.15) is 20.8 Å². The normalized spacial score (nSPS) is 14.0. The number of hydrogen-bond acceptors (Lipinski definition) is 7. The Labute approximate surface area is 155 Å². The van der Waals surface area contributed by atoms with Gasteiger partial charge < -0.3 is 19.7 Å². The number of rotatable bonds is 4. The van der Waals surface area contributed by atoms with E-state index < -0.39 is 11.9 Å². The van der Waals surface area contributed by atoms with Crippen LogP contribution in [0.25, 0.3) is 0 Å². The second-order valence-electron chi connectivity index (χ2n) is 5.52. The van der Waals surface area contributed by atoms with Crippen LogP contribution < -0.4 is 10.2 Å². The Bertz CT molecular complexity index is 807. The molecular weight excluding hydrogens is 360 g/mol. The van der Waals surface area contributed by atoms with Crippen molar-refractivity contribution in [3.63, 3.8) is 0 Å². The fraction of sp³-hybridized carbons (Fsp3) is 0.294. The van der Waals surface area contributed by atoms with E-state index >= 15 is 0 Å². The molecule has 0 bridgehead atoms. The van der Waals surface area contributed by atoms with E-state index in [2.05, 4.69) is 20.3 Å². The van der Waals surface area contributed by atoms with Crippen molar-refractivity contribution in [2.75, 3.05) is 43.6 Å². The maximum Gasteiger partial charge on any atom is 0.337 e. The molecule has 8 nitrogen and oxygen atoms in total. The average Bonchev–Trinajstić information content (AvgIpc) is 2.69. The zero-order valence-electron chi connectivity index (χ0n) is 14.1. The topological polar surface area (TPSA) is 93.7 Å². The molecule has 3 rings (SSSR count). The van der Waals surface area contributed by atoms with Crippen LogP contribution in [0.15, 0.2) is 30.3 Å². The molecule has 0 saturated carbocycles. The van der Waals surface area contributed by atoms with Crippen LogP contribution in [0, 0.1) is 0 Å². The highest BCUT2D eigenvalue weighted by molar-refractivity contribution is 6.34. The van der Waals surface area contributed by atoms with Crippen LogP contribution in [0.4, 0.5) is 11.5 Å². The minimum atomic E-state index is -0.521. The molecule has 1 N–H and O–H groups in total. The lowest BCUT2D eigenvalue weighted by atomic mass is 10.2. The van der Waals surface area contributed by atoms with Gasteiger partial charge in [-0.2, -0.15) is 0 Å². The number of carbonyl (C=O) groups is 2. The molecule has 1 aromatic carbocycles. The molecule has 1 aromatic heterocycles. The number of nitrogens with one attached hydrogen (secondary N) is 1. The van der Waals surface area contributed by atoms with E-state index in [1.54, 1.807) is 12.1 Å². The Balaban J connectivity index is 1.72. The first-order valence-electron chi connectivity index (χ1n) is 7.94. The van der Waals surface area contributed by atoms with Crippen LogP contribution in [0.3, 0.4) is 0 Å². The molecule has 2 heterocycles. The van der Waals surface area contributed by atoms with E-state index in [0.717, 1.165) is 13.1 Å². The standard InChI is InChI=1S/C17H17ClN4O4/c1-25-17(24)11-2-3-12(18)14(10-11)19-16(23)13-4-5-15(21-20-13)22-6-8-26-9-7-22/h2-5,10H,6-9H2,1H3,(H,19,23). The SMILES string of the molecule is COC(=O)c1ccc(Cl)c(NC(=O)c2ccc(N3CCOCC3)nn2)c1. The van der Waals surface area contributed by atoms with Crippen molar-refractivity contribution in [3.05, 3.63) is 46.6 Å². The number of halogens is 1. The predicted molar refractivity (Wildman–Crippen MR) is 95.8 cm³/mol. The van der Waals surface area contributed by atoms with Gasteiger partial charge in [0.2, 0.25) is 0 Å². The molecule has 0 aliphatic carbocycles. The van der Waals surface area contributed by atoms with Crippen molar-refractivity contribution in [2.45, 2.75) is 0 Å². The molecule has 2 aromatic rings. The molecule has 0 unspecified atom stereocenters. The Kier molecular flexibility index (Phi) is 5.65. The minimum Gasteiger partial charge on any atom is -0.465 e. The quantitative estimate of drug-likeness (QED) is 0.815. The molecular formula is C17H17ClN4O4. The van der Waals surface area contributed by atoms with Crippen molar-refractivity contribution >= 4 is 35.0 Å². The molecule has 136 valence electrons. The van der Waals surface area contributed by atoms with Gasteiger partial charge in [-0.15, -0.1) is 10.2 Å². The Morgan fingerprint density at radius 3 is 2.62 bits per heavy atom. The summed E-state index contributed by atoms with van der Waals surface area (Å²) in [6.07, 6.45) is 0. The Hall–Kier alpha value is -2.71. The monoisotopic (exact) mass is 376 g/mol. The third-order valence-corrected chi connectivity index (χ3v) is 4.18. The van der Waals surface area contributed by atoms with E-state index in [0.29, 0.717) is 29.7 Å². The fourth-order valence-corrected chi connectivity index (χ4v) is 2.62. The number of hydrogen-bond donors (Lipinski definition) is 1. The third kappa shape index (κ3) is 4.09. The molecule has 1 amide bonds. The van der Waals surface area contributed by atoms with Crippen molar-refractivity contribution in [2.24, 2.45) is 0 Å². The predicted octanol–water partition coefficient (Wildman–Crippen LogP) is 2.01. The molecule has 9 heteroatoms. The zero-order valence-corrected chi connectivity index (χ0v) is 14.8. The molecule has 1 fully saturated rings. The zero-order chi connectivity index (χ0) is 18.5. The molecule has 0 spiro atoms. The lowest BCUT2D eigenvalue weighted by Crippen LogP contribution is -2.37. The number of aromatic nitrogens is 2. The fourth-order valence-electron chi connectivity index (χ4n) is 2.46. The summed E-state index contributed by atoms with van der Waals surface area (Å²) < 4.78 is 9.96. The lowest BCUT2D eigenvalue weighted by Gasteiger charge is -2.27. The van der Waals surface area contributed by atoms with Gasteiger partial charge in [0.05, 0.1) is 36.6 Å². The van der Waals surface area contributed by atoms with Crippen molar-refractivity contribution in [1.82, 2.24) is 10.2 Å². The second-order valence-corrected chi connectivity index (χ2v) is 5.92. The van der Waals surface area contributed by atoms with Crippen molar-refractivity contribution in [3.8, 4) is 0 Å². The molecule has 26 heavy (non-hydrogen) atoms. The number of methoxy groups -OCH3 is 1. The lowest BCUT2D eigenvalue weighted by molar-refractivity contribution is 0.0600. The van der Waals surface area contributed by atoms with Crippen LogP contribution in [-0.2, 0) is 9.47 Å². The molecule has 0 radical (unpaired) electrons. The number of benzene rings is 1. The first-order chi connectivity index (χ1) is 12.6.